The summed E-state index contributed by atoms with van der Waals surface area (Å²) in [5.41, 5.74) is -0.499. The van der Waals surface area contributed by atoms with E-state index in [1.54, 1.807) is 7.05 Å². The molecule has 0 fully saturated rings. The van der Waals surface area contributed by atoms with Crippen molar-refractivity contribution >= 4 is 6.09 Å². The zero-order valence-corrected chi connectivity index (χ0v) is 21.6. The van der Waals surface area contributed by atoms with Crippen LogP contribution in [0.5, 0.6) is 0 Å². The molecule has 1 amide bonds. The predicted octanol–water partition coefficient (Wildman–Crippen LogP) is 2.38. The third-order valence-corrected chi connectivity index (χ3v) is 3.82. The van der Waals surface area contributed by atoms with Gasteiger partial charge in [-0.05, 0) is 34.6 Å². The summed E-state index contributed by atoms with van der Waals surface area (Å²) >= 11 is 0. The van der Waals surface area contributed by atoms with Crippen LogP contribution in [0.1, 0.15) is 34.6 Å². The number of carbonyl (C=O) groups is 1. The lowest BCUT2D eigenvalue weighted by Gasteiger charge is -2.24. The van der Waals surface area contributed by atoms with E-state index in [1.165, 1.54) is 4.90 Å². The van der Waals surface area contributed by atoms with Crippen molar-refractivity contribution in [3.05, 3.63) is 0 Å². The second-order valence-corrected chi connectivity index (χ2v) is 8.50. The molecule has 0 aliphatic carbocycles. The average molecular weight is 482 g/mol. The third-order valence-electron chi connectivity index (χ3n) is 3.82. The highest BCUT2D eigenvalue weighted by Gasteiger charge is 2.19. The topological polar surface area (TPSA) is 94.2 Å². The molecule has 0 atom stereocenters. The number of nitrogens with zero attached hydrogens (tertiary/aromatic N) is 1. The standard InChI is InChI=1S/C23H47NO9/c1-21(2)32-20-19-31-18-17-30-16-15-29-14-13-28-12-11-27-10-9-26-8-7-24(6)22(25)33-23(3,4)5/h21H,7-20H2,1-6H3. The smallest absolute Gasteiger partial charge is 0.410 e. The highest BCUT2D eigenvalue weighted by Crippen LogP contribution is 2.08. The zero-order valence-electron chi connectivity index (χ0n) is 21.6. The van der Waals surface area contributed by atoms with Gasteiger partial charge < -0.3 is 42.8 Å². The predicted molar refractivity (Wildman–Crippen MR) is 125 cm³/mol. The van der Waals surface area contributed by atoms with Gasteiger partial charge in [-0.1, -0.05) is 0 Å². The summed E-state index contributed by atoms with van der Waals surface area (Å²) in [6.07, 6.45) is -0.125. The van der Waals surface area contributed by atoms with Crippen LogP contribution in [-0.2, 0) is 37.9 Å². The van der Waals surface area contributed by atoms with E-state index in [0.717, 1.165) is 0 Å². The van der Waals surface area contributed by atoms with Crippen LogP contribution >= 0.6 is 0 Å². The Kier molecular flexibility index (Phi) is 20.9. The minimum atomic E-state index is -0.499. The maximum absolute atomic E-state index is 11.8. The van der Waals surface area contributed by atoms with Gasteiger partial charge in [0.25, 0.3) is 0 Å². The van der Waals surface area contributed by atoms with Crippen LogP contribution < -0.4 is 0 Å². The molecule has 0 aliphatic rings. The molecule has 0 saturated heterocycles. The summed E-state index contributed by atoms with van der Waals surface area (Å²) < 4.78 is 43.2. The fourth-order valence-corrected chi connectivity index (χ4v) is 2.18. The number of amides is 1. The van der Waals surface area contributed by atoms with Crippen molar-refractivity contribution in [1.29, 1.82) is 0 Å². The molecule has 0 unspecified atom stereocenters. The number of carbonyl (C=O) groups excluding carboxylic acids is 1. The van der Waals surface area contributed by atoms with E-state index in [9.17, 15) is 4.79 Å². The van der Waals surface area contributed by atoms with E-state index < -0.39 is 5.60 Å². The summed E-state index contributed by atoms with van der Waals surface area (Å²) in [6.45, 7) is 16.7. The molecule has 0 bridgehead atoms. The molecule has 0 aromatic rings. The number of hydrogen-bond donors (Lipinski definition) is 0. The minimum Gasteiger partial charge on any atom is -0.444 e. The average Bonchev–Trinajstić information content (AvgIpc) is 2.73. The van der Waals surface area contributed by atoms with Crippen molar-refractivity contribution in [2.45, 2.75) is 46.3 Å². The minimum absolute atomic E-state index is 0.232. The van der Waals surface area contributed by atoms with Gasteiger partial charge in [-0.25, -0.2) is 4.79 Å². The summed E-state index contributed by atoms with van der Waals surface area (Å²) in [4.78, 5) is 13.3. The van der Waals surface area contributed by atoms with Crippen molar-refractivity contribution in [2.24, 2.45) is 0 Å². The highest BCUT2D eigenvalue weighted by molar-refractivity contribution is 5.67. The molecule has 10 heteroatoms. The Morgan fingerprint density at radius 3 is 1.30 bits per heavy atom. The summed E-state index contributed by atoms with van der Waals surface area (Å²) in [7, 11) is 1.68. The Bertz CT molecular complexity index is 444. The van der Waals surface area contributed by atoms with Crippen LogP contribution in [0.2, 0.25) is 0 Å². The molecule has 0 radical (unpaired) electrons. The first-order valence-electron chi connectivity index (χ1n) is 11.7. The quantitative estimate of drug-likeness (QED) is 0.216. The van der Waals surface area contributed by atoms with Crippen LogP contribution in [-0.4, -0.2) is 122 Å². The number of hydrogen-bond acceptors (Lipinski definition) is 9. The fourth-order valence-electron chi connectivity index (χ4n) is 2.18. The van der Waals surface area contributed by atoms with E-state index in [2.05, 4.69) is 0 Å². The van der Waals surface area contributed by atoms with Crippen molar-refractivity contribution in [1.82, 2.24) is 4.90 Å². The maximum atomic E-state index is 11.8. The maximum Gasteiger partial charge on any atom is 0.410 e. The van der Waals surface area contributed by atoms with Gasteiger partial charge in [0.15, 0.2) is 0 Å². The first-order valence-corrected chi connectivity index (χ1v) is 11.7. The van der Waals surface area contributed by atoms with E-state index in [-0.39, 0.29) is 12.2 Å². The first kappa shape index (κ1) is 32.0. The number of likely N-dealkylation sites (N-methyl/N-ethyl adjacent to an activating group) is 1. The molecular formula is C23H47NO9. The van der Waals surface area contributed by atoms with Crippen molar-refractivity contribution in [3.63, 3.8) is 0 Å². The molecular weight excluding hydrogens is 434 g/mol. The van der Waals surface area contributed by atoms with Crippen LogP contribution in [0.3, 0.4) is 0 Å². The van der Waals surface area contributed by atoms with Gasteiger partial charge in [-0.15, -0.1) is 0 Å². The lowest BCUT2D eigenvalue weighted by molar-refractivity contribution is -0.0242. The summed E-state index contributed by atoms with van der Waals surface area (Å²) in [5.74, 6) is 0. The van der Waals surface area contributed by atoms with Gasteiger partial charge in [0.1, 0.15) is 5.60 Å². The fraction of sp³-hybridized carbons (Fsp3) is 0.957. The van der Waals surface area contributed by atoms with E-state index >= 15 is 0 Å². The van der Waals surface area contributed by atoms with Crippen molar-refractivity contribution < 1.29 is 42.7 Å². The lowest BCUT2D eigenvalue weighted by Crippen LogP contribution is -2.36. The monoisotopic (exact) mass is 481 g/mol. The molecule has 33 heavy (non-hydrogen) atoms. The Morgan fingerprint density at radius 2 is 0.970 bits per heavy atom. The second-order valence-electron chi connectivity index (χ2n) is 8.50. The molecule has 0 heterocycles. The van der Waals surface area contributed by atoms with Crippen LogP contribution in [0.15, 0.2) is 0 Å². The first-order chi connectivity index (χ1) is 15.7. The van der Waals surface area contributed by atoms with Gasteiger partial charge in [0.2, 0.25) is 0 Å². The van der Waals surface area contributed by atoms with Gasteiger partial charge >= 0.3 is 6.09 Å². The number of ether oxygens (including phenoxy) is 8. The Morgan fingerprint density at radius 1 is 0.636 bits per heavy atom. The molecule has 0 rings (SSSR count). The van der Waals surface area contributed by atoms with Crippen molar-refractivity contribution in [3.8, 4) is 0 Å². The zero-order chi connectivity index (χ0) is 24.8. The molecule has 10 nitrogen and oxygen atoms in total. The van der Waals surface area contributed by atoms with E-state index in [4.69, 9.17) is 37.9 Å². The molecule has 0 N–H and O–H groups in total. The number of rotatable bonds is 22. The Balaban J connectivity index is 3.21. The molecule has 198 valence electrons. The molecule has 0 saturated carbocycles. The van der Waals surface area contributed by atoms with Crippen LogP contribution in [0.25, 0.3) is 0 Å². The van der Waals surface area contributed by atoms with E-state index in [1.807, 2.05) is 34.6 Å². The Labute approximate surface area is 200 Å². The largest absolute Gasteiger partial charge is 0.444 e. The van der Waals surface area contributed by atoms with Crippen LogP contribution in [0, 0.1) is 0 Å². The van der Waals surface area contributed by atoms with Gasteiger partial charge in [0, 0.05) is 13.6 Å². The second kappa shape index (κ2) is 21.5. The summed E-state index contributed by atoms with van der Waals surface area (Å²) in [5, 5.41) is 0. The SMILES string of the molecule is CC(C)OCCOCCOCCOCCOCCOCCOCCN(C)C(=O)OC(C)(C)C. The molecule has 0 spiro atoms. The van der Waals surface area contributed by atoms with E-state index in [0.29, 0.717) is 92.4 Å². The lowest BCUT2D eigenvalue weighted by atomic mass is 10.2. The summed E-state index contributed by atoms with van der Waals surface area (Å²) in [6, 6.07) is 0. The molecule has 0 aliphatic heterocycles. The van der Waals surface area contributed by atoms with Gasteiger partial charge in [-0.2, -0.15) is 0 Å². The van der Waals surface area contributed by atoms with Crippen LogP contribution in [0.4, 0.5) is 4.79 Å². The van der Waals surface area contributed by atoms with Gasteiger partial charge in [-0.3, -0.25) is 0 Å². The molecule has 0 aromatic heterocycles. The Hall–Kier alpha value is -1.01. The highest BCUT2D eigenvalue weighted by atomic mass is 16.6. The third kappa shape index (κ3) is 25.5. The van der Waals surface area contributed by atoms with Gasteiger partial charge in [0.05, 0.1) is 92.0 Å². The van der Waals surface area contributed by atoms with Crippen molar-refractivity contribution in [2.75, 3.05) is 99.5 Å². The molecule has 0 aromatic carbocycles. The normalized spacial score (nSPS) is 11.8.